The summed E-state index contributed by atoms with van der Waals surface area (Å²) in [6.07, 6.45) is 5.71. The molecule has 1 aliphatic rings. The lowest BCUT2D eigenvalue weighted by molar-refractivity contribution is -0.108. The zero-order valence-electron chi connectivity index (χ0n) is 10.0. The molecule has 1 aromatic rings. The summed E-state index contributed by atoms with van der Waals surface area (Å²) in [6, 6.07) is 8.36. The molecule has 0 spiro atoms. The van der Waals surface area contributed by atoms with E-state index in [1.165, 1.54) is 11.3 Å². The molecule has 1 heterocycles. The first-order valence-electron chi connectivity index (χ1n) is 6.30. The molecule has 1 atom stereocenters. The van der Waals surface area contributed by atoms with E-state index in [1.54, 1.807) is 0 Å². The van der Waals surface area contributed by atoms with Gasteiger partial charge in [0.25, 0.3) is 0 Å². The Morgan fingerprint density at radius 3 is 3.12 bits per heavy atom. The molecule has 0 aromatic heterocycles. The molecule has 1 unspecified atom stereocenters. The van der Waals surface area contributed by atoms with E-state index in [9.17, 15) is 4.79 Å². The number of hydrogen-bond acceptors (Lipinski definition) is 3. The SMILES string of the molecule is O=CCCCCOC1CCc2ccccc2N1. The fraction of sp³-hybridized carbons (Fsp3) is 0.500. The van der Waals surface area contributed by atoms with E-state index in [0.717, 1.165) is 38.6 Å². The number of aldehydes is 1. The first kappa shape index (κ1) is 12.1. The van der Waals surface area contributed by atoms with Gasteiger partial charge in [-0.05, 0) is 37.3 Å². The lowest BCUT2D eigenvalue weighted by atomic mass is 10.0. The molecule has 1 aromatic carbocycles. The Hall–Kier alpha value is -1.35. The number of aryl methyl sites for hydroxylation is 1. The smallest absolute Gasteiger partial charge is 0.128 e. The molecule has 17 heavy (non-hydrogen) atoms. The van der Waals surface area contributed by atoms with Crippen LogP contribution in [-0.4, -0.2) is 19.1 Å². The Morgan fingerprint density at radius 1 is 1.35 bits per heavy atom. The highest BCUT2D eigenvalue weighted by Gasteiger charge is 2.16. The van der Waals surface area contributed by atoms with Crippen molar-refractivity contribution >= 4 is 12.0 Å². The molecular weight excluding hydrogens is 214 g/mol. The number of rotatable bonds is 6. The van der Waals surface area contributed by atoms with E-state index in [1.807, 2.05) is 6.07 Å². The quantitative estimate of drug-likeness (QED) is 0.606. The molecular formula is C14H19NO2. The lowest BCUT2D eigenvalue weighted by Crippen LogP contribution is -2.28. The Balaban J connectivity index is 1.73. The van der Waals surface area contributed by atoms with Gasteiger partial charge in [0.15, 0.2) is 0 Å². The van der Waals surface area contributed by atoms with Crippen LogP contribution in [-0.2, 0) is 16.0 Å². The minimum atomic E-state index is 0.126. The number of fused-ring (bicyclic) bond motifs is 1. The largest absolute Gasteiger partial charge is 0.360 e. The Labute approximate surface area is 102 Å². The van der Waals surface area contributed by atoms with Crippen molar-refractivity contribution in [3.05, 3.63) is 29.8 Å². The molecule has 0 aliphatic carbocycles. The van der Waals surface area contributed by atoms with Crippen LogP contribution >= 0.6 is 0 Å². The van der Waals surface area contributed by atoms with Crippen LogP contribution in [0.3, 0.4) is 0 Å². The van der Waals surface area contributed by atoms with Crippen molar-refractivity contribution in [3.8, 4) is 0 Å². The van der Waals surface area contributed by atoms with Gasteiger partial charge in [-0.25, -0.2) is 0 Å². The fourth-order valence-electron chi connectivity index (χ4n) is 2.09. The van der Waals surface area contributed by atoms with Crippen molar-refractivity contribution in [3.63, 3.8) is 0 Å². The highest BCUT2D eigenvalue weighted by Crippen LogP contribution is 2.24. The van der Waals surface area contributed by atoms with Gasteiger partial charge in [-0.2, -0.15) is 0 Å². The van der Waals surface area contributed by atoms with Gasteiger partial charge in [-0.3, -0.25) is 0 Å². The van der Waals surface area contributed by atoms with Crippen LogP contribution < -0.4 is 5.32 Å². The number of ether oxygens (including phenoxy) is 1. The van der Waals surface area contributed by atoms with Crippen LogP contribution in [0.2, 0.25) is 0 Å². The average Bonchev–Trinajstić information content (AvgIpc) is 2.38. The maximum atomic E-state index is 10.2. The summed E-state index contributed by atoms with van der Waals surface area (Å²) in [7, 11) is 0. The number of carbonyl (C=O) groups is 1. The van der Waals surface area contributed by atoms with E-state index < -0.39 is 0 Å². The number of benzene rings is 1. The van der Waals surface area contributed by atoms with Gasteiger partial charge >= 0.3 is 0 Å². The first-order valence-corrected chi connectivity index (χ1v) is 6.30. The van der Waals surface area contributed by atoms with Gasteiger partial charge in [-0.1, -0.05) is 18.2 Å². The third kappa shape index (κ3) is 3.56. The van der Waals surface area contributed by atoms with Crippen LogP contribution in [0, 0.1) is 0 Å². The second-order valence-electron chi connectivity index (χ2n) is 4.36. The monoisotopic (exact) mass is 233 g/mol. The number of hydrogen-bond donors (Lipinski definition) is 1. The summed E-state index contributed by atoms with van der Waals surface area (Å²) in [5.74, 6) is 0. The lowest BCUT2D eigenvalue weighted by Gasteiger charge is -2.27. The summed E-state index contributed by atoms with van der Waals surface area (Å²) in [5.41, 5.74) is 2.56. The molecule has 3 nitrogen and oxygen atoms in total. The van der Waals surface area contributed by atoms with Crippen LogP contribution in [0.15, 0.2) is 24.3 Å². The zero-order chi connectivity index (χ0) is 11.9. The van der Waals surface area contributed by atoms with E-state index in [2.05, 4.69) is 23.5 Å². The van der Waals surface area contributed by atoms with Crippen molar-refractivity contribution in [2.45, 2.75) is 38.3 Å². The predicted octanol–water partition coefficient (Wildman–Crippen LogP) is 2.76. The van der Waals surface area contributed by atoms with Crippen LogP contribution in [0.25, 0.3) is 0 Å². The van der Waals surface area contributed by atoms with Crippen molar-refractivity contribution in [1.29, 1.82) is 0 Å². The van der Waals surface area contributed by atoms with Crippen molar-refractivity contribution in [2.75, 3.05) is 11.9 Å². The van der Waals surface area contributed by atoms with Gasteiger partial charge in [0.05, 0.1) is 0 Å². The third-order valence-corrected chi connectivity index (χ3v) is 3.05. The van der Waals surface area contributed by atoms with Crippen molar-refractivity contribution < 1.29 is 9.53 Å². The maximum absolute atomic E-state index is 10.2. The molecule has 0 saturated carbocycles. The molecule has 92 valence electrons. The molecule has 3 heteroatoms. The van der Waals surface area contributed by atoms with Gasteiger partial charge in [0.1, 0.15) is 12.5 Å². The van der Waals surface area contributed by atoms with E-state index in [-0.39, 0.29) is 6.23 Å². The zero-order valence-corrected chi connectivity index (χ0v) is 10.0. The topological polar surface area (TPSA) is 38.3 Å². The van der Waals surface area contributed by atoms with Crippen molar-refractivity contribution in [1.82, 2.24) is 0 Å². The molecule has 0 saturated heterocycles. The normalized spacial score (nSPS) is 18.2. The number of anilines is 1. The van der Waals surface area contributed by atoms with Gasteiger partial charge in [0, 0.05) is 18.7 Å². The fourth-order valence-corrected chi connectivity index (χ4v) is 2.09. The molecule has 0 radical (unpaired) electrons. The van der Waals surface area contributed by atoms with E-state index in [4.69, 9.17) is 4.74 Å². The molecule has 2 rings (SSSR count). The predicted molar refractivity (Wildman–Crippen MR) is 68.0 cm³/mol. The Morgan fingerprint density at radius 2 is 2.24 bits per heavy atom. The van der Waals surface area contributed by atoms with Crippen LogP contribution in [0.4, 0.5) is 5.69 Å². The number of para-hydroxylation sites is 1. The van der Waals surface area contributed by atoms with Gasteiger partial charge < -0.3 is 14.8 Å². The summed E-state index contributed by atoms with van der Waals surface area (Å²) < 4.78 is 5.76. The number of nitrogens with one attached hydrogen (secondary N) is 1. The van der Waals surface area contributed by atoms with E-state index >= 15 is 0 Å². The maximum Gasteiger partial charge on any atom is 0.128 e. The summed E-state index contributed by atoms with van der Waals surface area (Å²) in [6.45, 7) is 0.730. The van der Waals surface area contributed by atoms with Gasteiger partial charge in [-0.15, -0.1) is 0 Å². The highest BCUT2D eigenvalue weighted by molar-refractivity contribution is 5.53. The molecule has 0 bridgehead atoms. The Kier molecular flexibility index (Phi) is 4.56. The first-order chi connectivity index (χ1) is 8.40. The summed E-state index contributed by atoms with van der Waals surface area (Å²) in [5, 5.41) is 3.40. The molecule has 1 aliphatic heterocycles. The van der Waals surface area contributed by atoms with Gasteiger partial charge in [0.2, 0.25) is 0 Å². The van der Waals surface area contributed by atoms with Crippen molar-refractivity contribution in [2.24, 2.45) is 0 Å². The number of unbranched alkanes of at least 4 members (excludes halogenated alkanes) is 2. The third-order valence-electron chi connectivity index (χ3n) is 3.05. The second-order valence-corrected chi connectivity index (χ2v) is 4.36. The molecule has 0 fully saturated rings. The second kappa shape index (κ2) is 6.40. The molecule has 0 amide bonds. The van der Waals surface area contributed by atoms with E-state index in [0.29, 0.717) is 6.42 Å². The highest BCUT2D eigenvalue weighted by atomic mass is 16.5. The average molecular weight is 233 g/mol. The minimum absolute atomic E-state index is 0.126. The summed E-state index contributed by atoms with van der Waals surface area (Å²) in [4.78, 5) is 10.2. The number of carbonyl (C=O) groups excluding carboxylic acids is 1. The molecule has 1 N–H and O–H groups in total. The Bertz CT molecular complexity index is 365. The standard InChI is InChI=1S/C14H19NO2/c16-10-4-1-5-11-17-14-9-8-12-6-2-3-7-13(12)15-14/h2-3,6-7,10,14-15H,1,4-5,8-9,11H2. The van der Waals surface area contributed by atoms with Crippen LogP contribution in [0.5, 0.6) is 0 Å². The minimum Gasteiger partial charge on any atom is -0.360 e. The summed E-state index contributed by atoms with van der Waals surface area (Å²) >= 11 is 0. The van der Waals surface area contributed by atoms with Crippen LogP contribution in [0.1, 0.15) is 31.2 Å².